The largest absolute Gasteiger partial charge is 0.462 e. The molecule has 0 aromatic rings. The highest BCUT2D eigenvalue weighted by Crippen LogP contribution is 2.19. The molecule has 6 nitrogen and oxygen atoms in total. The first-order chi connectivity index (χ1) is 29.5. The van der Waals surface area contributed by atoms with E-state index in [1.54, 1.807) is 0 Å². The fourth-order valence-electron chi connectivity index (χ4n) is 8.79. The number of rotatable bonds is 50. The van der Waals surface area contributed by atoms with Gasteiger partial charge in [-0.1, -0.05) is 271 Å². The van der Waals surface area contributed by atoms with E-state index in [0.717, 1.165) is 38.5 Å². The molecule has 0 spiro atoms. The molecule has 0 aromatic carbocycles. The fourth-order valence-corrected chi connectivity index (χ4v) is 8.79. The lowest BCUT2D eigenvalue weighted by Crippen LogP contribution is -2.46. The molecular formula is C54H107NO5. The summed E-state index contributed by atoms with van der Waals surface area (Å²) in [6, 6.07) is -0.692. The number of aliphatic hydroxyl groups is 2. The molecule has 1 amide bonds. The van der Waals surface area contributed by atoms with Crippen LogP contribution in [0.5, 0.6) is 0 Å². The summed E-state index contributed by atoms with van der Waals surface area (Å²) in [7, 11) is 0. The Labute approximate surface area is 375 Å². The average Bonchev–Trinajstić information content (AvgIpc) is 3.24. The second-order valence-corrected chi connectivity index (χ2v) is 19.0. The summed E-state index contributed by atoms with van der Waals surface area (Å²) in [5, 5.41) is 23.8. The van der Waals surface area contributed by atoms with Crippen LogP contribution in [0.15, 0.2) is 0 Å². The van der Waals surface area contributed by atoms with Gasteiger partial charge in [-0.15, -0.1) is 0 Å². The van der Waals surface area contributed by atoms with Gasteiger partial charge in [0.15, 0.2) is 0 Å². The Morgan fingerprint density at radius 3 is 1.02 bits per heavy atom. The first-order valence-corrected chi connectivity index (χ1v) is 27.3. The SMILES string of the molecule is CCCCCCCCCCCCCCCCCCC(=O)OC(CCCCCCCCCCC)CC(=O)NC(CO)C(O)CCCCCCCCCCCCCCCCCC. The van der Waals surface area contributed by atoms with Crippen LogP contribution < -0.4 is 5.32 Å². The van der Waals surface area contributed by atoms with Crippen molar-refractivity contribution in [2.45, 2.75) is 328 Å². The molecule has 0 bridgehead atoms. The number of esters is 1. The minimum Gasteiger partial charge on any atom is -0.462 e. The highest BCUT2D eigenvalue weighted by Gasteiger charge is 2.24. The van der Waals surface area contributed by atoms with Crippen LogP contribution in [-0.4, -0.2) is 46.9 Å². The highest BCUT2D eigenvalue weighted by atomic mass is 16.5. The topological polar surface area (TPSA) is 95.9 Å². The molecule has 0 aromatic heterocycles. The molecule has 60 heavy (non-hydrogen) atoms. The van der Waals surface area contributed by atoms with E-state index in [4.69, 9.17) is 4.74 Å². The number of ether oxygens (including phenoxy) is 1. The van der Waals surface area contributed by atoms with Crippen LogP contribution in [0.3, 0.4) is 0 Å². The summed E-state index contributed by atoms with van der Waals surface area (Å²) in [4.78, 5) is 26.1. The molecule has 358 valence electrons. The van der Waals surface area contributed by atoms with Gasteiger partial charge >= 0.3 is 5.97 Å². The van der Waals surface area contributed by atoms with Crippen LogP contribution in [0, 0.1) is 0 Å². The zero-order valence-electron chi connectivity index (χ0n) is 40.9. The molecule has 0 aliphatic heterocycles. The molecule has 3 N–H and O–H groups in total. The lowest BCUT2D eigenvalue weighted by Gasteiger charge is -2.24. The third-order valence-electron chi connectivity index (χ3n) is 12.9. The fraction of sp³-hybridized carbons (Fsp3) is 0.963. The van der Waals surface area contributed by atoms with Crippen LogP contribution in [0.2, 0.25) is 0 Å². The van der Waals surface area contributed by atoms with E-state index in [9.17, 15) is 19.8 Å². The number of unbranched alkanes of at least 4 members (excludes halogenated alkanes) is 38. The van der Waals surface area contributed by atoms with Gasteiger partial charge in [-0.3, -0.25) is 9.59 Å². The first-order valence-electron chi connectivity index (χ1n) is 27.3. The van der Waals surface area contributed by atoms with Crippen molar-refractivity contribution in [2.24, 2.45) is 0 Å². The van der Waals surface area contributed by atoms with E-state index in [0.29, 0.717) is 19.3 Å². The minimum absolute atomic E-state index is 0.0873. The van der Waals surface area contributed by atoms with Gasteiger partial charge in [0.2, 0.25) is 5.91 Å². The molecular weight excluding hydrogens is 743 g/mol. The molecule has 3 atom stereocenters. The van der Waals surface area contributed by atoms with E-state index in [-0.39, 0.29) is 24.9 Å². The van der Waals surface area contributed by atoms with Crippen LogP contribution in [0.25, 0.3) is 0 Å². The van der Waals surface area contributed by atoms with E-state index in [2.05, 4.69) is 26.1 Å². The molecule has 3 unspecified atom stereocenters. The molecule has 0 saturated heterocycles. The van der Waals surface area contributed by atoms with Gasteiger partial charge in [-0.25, -0.2) is 0 Å². The summed E-state index contributed by atoms with van der Waals surface area (Å²) in [6.45, 7) is 6.51. The second kappa shape index (κ2) is 48.9. The molecule has 0 aliphatic carbocycles. The van der Waals surface area contributed by atoms with Crippen molar-refractivity contribution in [3.05, 3.63) is 0 Å². The number of aliphatic hydroxyl groups excluding tert-OH is 2. The Morgan fingerprint density at radius 1 is 0.417 bits per heavy atom. The smallest absolute Gasteiger partial charge is 0.306 e. The molecule has 0 fully saturated rings. The Bertz CT molecular complexity index is 867. The molecule has 0 aliphatic rings. The molecule has 0 heterocycles. The normalized spacial score (nSPS) is 13.1. The van der Waals surface area contributed by atoms with Crippen molar-refractivity contribution in [1.82, 2.24) is 5.32 Å². The Morgan fingerprint density at radius 2 is 0.700 bits per heavy atom. The first kappa shape index (κ1) is 58.9. The van der Waals surface area contributed by atoms with E-state index >= 15 is 0 Å². The van der Waals surface area contributed by atoms with Crippen molar-refractivity contribution < 1.29 is 24.5 Å². The molecule has 0 radical (unpaired) electrons. The summed E-state index contributed by atoms with van der Waals surface area (Å²) in [5.74, 6) is -0.451. The zero-order chi connectivity index (χ0) is 43.8. The van der Waals surface area contributed by atoms with Crippen LogP contribution in [0.4, 0.5) is 0 Å². The number of amides is 1. The van der Waals surface area contributed by atoms with Gasteiger partial charge < -0.3 is 20.3 Å². The quantitative estimate of drug-likeness (QED) is 0.0419. The Kier molecular flexibility index (Phi) is 48.0. The molecule has 0 rings (SSSR count). The Hall–Kier alpha value is -1.14. The van der Waals surface area contributed by atoms with Crippen LogP contribution in [0.1, 0.15) is 310 Å². The number of hydrogen-bond acceptors (Lipinski definition) is 5. The van der Waals surface area contributed by atoms with Crippen molar-refractivity contribution in [1.29, 1.82) is 0 Å². The number of carbonyl (C=O) groups is 2. The van der Waals surface area contributed by atoms with Crippen molar-refractivity contribution in [3.63, 3.8) is 0 Å². The van der Waals surface area contributed by atoms with Crippen molar-refractivity contribution in [2.75, 3.05) is 6.61 Å². The lowest BCUT2D eigenvalue weighted by atomic mass is 10.0. The summed E-state index contributed by atoms with van der Waals surface area (Å²) in [5.41, 5.74) is 0. The number of hydrogen-bond donors (Lipinski definition) is 3. The monoisotopic (exact) mass is 850 g/mol. The number of carbonyl (C=O) groups excluding carboxylic acids is 2. The van der Waals surface area contributed by atoms with Gasteiger partial charge in [0.05, 0.1) is 25.2 Å². The Balaban J connectivity index is 4.36. The predicted octanol–water partition coefficient (Wildman–Crippen LogP) is 16.4. The van der Waals surface area contributed by atoms with E-state index in [1.165, 1.54) is 225 Å². The molecule has 0 saturated carbocycles. The third kappa shape index (κ3) is 43.5. The van der Waals surface area contributed by atoms with E-state index in [1.807, 2.05) is 0 Å². The highest BCUT2D eigenvalue weighted by molar-refractivity contribution is 5.77. The second-order valence-electron chi connectivity index (χ2n) is 19.0. The van der Waals surface area contributed by atoms with E-state index < -0.39 is 18.2 Å². The van der Waals surface area contributed by atoms with Crippen molar-refractivity contribution >= 4 is 11.9 Å². The number of nitrogens with one attached hydrogen (secondary N) is 1. The van der Waals surface area contributed by atoms with Crippen LogP contribution >= 0.6 is 0 Å². The lowest BCUT2D eigenvalue weighted by molar-refractivity contribution is -0.151. The maximum absolute atomic E-state index is 13.2. The van der Waals surface area contributed by atoms with Crippen LogP contribution in [-0.2, 0) is 14.3 Å². The predicted molar refractivity (Wildman–Crippen MR) is 260 cm³/mol. The maximum Gasteiger partial charge on any atom is 0.306 e. The van der Waals surface area contributed by atoms with Gasteiger partial charge in [-0.05, 0) is 25.7 Å². The molecule has 6 heteroatoms. The summed E-state index contributed by atoms with van der Waals surface area (Å²) < 4.78 is 5.93. The summed E-state index contributed by atoms with van der Waals surface area (Å²) in [6.07, 6.45) is 53.1. The third-order valence-corrected chi connectivity index (χ3v) is 12.9. The standard InChI is InChI=1S/C54H107NO5/c1-4-7-10-13-16-19-21-23-25-27-29-31-34-37-40-43-46-52(57)51(49-56)55-53(58)48-50(45-42-39-36-33-18-15-12-9-6-3)60-54(59)47-44-41-38-35-32-30-28-26-24-22-20-17-14-11-8-5-2/h50-52,56-57H,4-49H2,1-3H3,(H,55,58). The van der Waals surface area contributed by atoms with Gasteiger partial charge in [0.1, 0.15) is 6.10 Å². The van der Waals surface area contributed by atoms with Gasteiger partial charge in [0, 0.05) is 6.42 Å². The van der Waals surface area contributed by atoms with Gasteiger partial charge in [-0.2, -0.15) is 0 Å². The summed E-state index contributed by atoms with van der Waals surface area (Å²) >= 11 is 0. The maximum atomic E-state index is 13.2. The zero-order valence-corrected chi connectivity index (χ0v) is 40.9. The minimum atomic E-state index is -0.779. The van der Waals surface area contributed by atoms with Crippen molar-refractivity contribution in [3.8, 4) is 0 Å². The van der Waals surface area contributed by atoms with Gasteiger partial charge in [0.25, 0.3) is 0 Å². The average molecular weight is 850 g/mol.